The highest BCUT2D eigenvalue weighted by Gasteiger charge is 2.30. The van der Waals surface area contributed by atoms with E-state index >= 15 is 0 Å². The molecule has 3 amide bonds. The van der Waals surface area contributed by atoms with Crippen LogP contribution >= 0.6 is 11.6 Å². The zero-order chi connectivity index (χ0) is 29.9. The van der Waals surface area contributed by atoms with E-state index in [1.807, 2.05) is 5.32 Å². The van der Waals surface area contributed by atoms with Gasteiger partial charge in [0, 0.05) is 11.3 Å². The molecule has 12 heteroatoms. The normalized spacial score (nSPS) is 11.1. The van der Waals surface area contributed by atoms with Crippen molar-refractivity contribution in [1.29, 1.82) is 0 Å². The topological polar surface area (TPSA) is 76.7 Å². The summed E-state index contributed by atoms with van der Waals surface area (Å²) in [5, 5.41) is 4.43. The summed E-state index contributed by atoms with van der Waals surface area (Å²) in [6.45, 7) is 3.37. The molecular formula is C29H20ClF5N2O4. The van der Waals surface area contributed by atoms with Gasteiger partial charge in [-0.1, -0.05) is 17.7 Å². The van der Waals surface area contributed by atoms with Crippen molar-refractivity contribution in [2.24, 2.45) is 0 Å². The van der Waals surface area contributed by atoms with Crippen LogP contribution in [-0.2, 0) is 6.18 Å². The van der Waals surface area contributed by atoms with Crippen LogP contribution < -0.4 is 20.1 Å². The van der Waals surface area contributed by atoms with E-state index in [1.165, 1.54) is 36.4 Å². The first kappa shape index (κ1) is 29.3. The molecule has 4 aromatic carbocycles. The highest BCUT2D eigenvalue weighted by atomic mass is 35.5. The van der Waals surface area contributed by atoms with Crippen molar-refractivity contribution < 1.29 is 41.0 Å². The third kappa shape index (κ3) is 6.93. The average molecular weight is 591 g/mol. The third-order valence-corrected chi connectivity index (χ3v) is 6.22. The fraction of sp³-hybridized carbons (Fsp3) is 0.103. The Hall–Kier alpha value is -4.64. The summed E-state index contributed by atoms with van der Waals surface area (Å²) >= 11 is 6.50. The van der Waals surface area contributed by atoms with Gasteiger partial charge < -0.3 is 14.8 Å². The Bertz CT molecular complexity index is 1590. The summed E-state index contributed by atoms with van der Waals surface area (Å²) < 4.78 is 77.6. The zero-order valence-electron chi connectivity index (χ0n) is 21.3. The van der Waals surface area contributed by atoms with Crippen LogP contribution in [0, 0.1) is 25.5 Å². The van der Waals surface area contributed by atoms with E-state index < -0.39 is 40.9 Å². The van der Waals surface area contributed by atoms with Gasteiger partial charge >= 0.3 is 12.2 Å². The molecule has 212 valence electrons. The number of hydrogen-bond acceptors (Lipinski definition) is 4. The lowest BCUT2D eigenvalue weighted by atomic mass is 10.1. The van der Waals surface area contributed by atoms with Crippen LogP contribution in [-0.4, -0.2) is 11.9 Å². The van der Waals surface area contributed by atoms with E-state index in [2.05, 4.69) is 5.32 Å². The number of amides is 3. The maximum absolute atomic E-state index is 13.8. The van der Waals surface area contributed by atoms with Crippen molar-refractivity contribution in [2.75, 3.05) is 5.32 Å². The van der Waals surface area contributed by atoms with Gasteiger partial charge in [0.2, 0.25) is 0 Å². The third-order valence-electron chi connectivity index (χ3n) is 5.76. The van der Waals surface area contributed by atoms with Gasteiger partial charge in [-0.25, -0.2) is 13.6 Å². The molecule has 0 radical (unpaired) electrons. The quantitative estimate of drug-likeness (QED) is 0.220. The molecule has 0 fully saturated rings. The molecule has 41 heavy (non-hydrogen) atoms. The molecular weight excluding hydrogens is 571 g/mol. The second-order valence-corrected chi connectivity index (χ2v) is 9.09. The fourth-order valence-corrected chi connectivity index (χ4v) is 3.94. The lowest BCUT2D eigenvalue weighted by Gasteiger charge is -2.17. The average Bonchev–Trinajstić information content (AvgIpc) is 2.90. The molecule has 2 N–H and O–H groups in total. The number of nitrogens with one attached hydrogen (secondary N) is 2. The number of urea groups is 1. The van der Waals surface area contributed by atoms with Crippen molar-refractivity contribution >= 4 is 29.2 Å². The van der Waals surface area contributed by atoms with Crippen molar-refractivity contribution in [1.82, 2.24) is 5.32 Å². The minimum absolute atomic E-state index is 0.170. The van der Waals surface area contributed by atoms with Gasteiger partial charge in [-0.15, -0.1) is 0 Å². The predicted octanol–water partition coefficient (Wildman–Crippen LogP) is 8.80. The molecule has 0 heterocycles. The molecule has 0 saturated carbocycles. The number of anilines is 1. The summed E-state index contributed by atoms with van der Waals surface area (Å²) in [6, 6.07) is 13.7. The first-order valence-electron chi connectivity index (χ1n) is 11.8. The Labute approximate surface area is 235 Å². The van der Waals surface area contributed by atoms with Crippen LogP contribution in [0.4, 0.5) is 32.4 Å². The van der Waals surface area contributed by atoms with Crippen LogP contribution in [0.1, 0.15) is 27.0 Å². The number of carbonyl (C=O) groups excluding carboxylic acids is 2. The van der Waals surface area contributed by atoms with E-state index in [4.69, 9.17) is 21.1 Å². The second-order valence-electron chi connectivity index (χ2n) is 8.72. The van der Waals surface area contributed by atoms with Gasteiger partial charge in [-0.3, -0.25) is 10.1 Å². The van der Waals surface area contributed by atoms with Gasteiger partial charge in [0.05, 0.1) is 10.6 Å². The van der Waals surface area contributed by atoms with E-state index in [-0.39, 0.29) is 22.2 Å². The molecule has 0 aromatic heterocycles. The summed E-state index contributed by atoms with van der Waals surface area (Å²) in [5.41, 5.74) is -0.378. The van der Waals surface area contributed by atoms with E-state index in [9.17, 15) is 31.5 Å². The molecule has 4 rings (SSSR count). The summed E-state index contributed by atoms with van der Waals surface area (Å²) in [6.07, 6.45) is -4.47. The Morgan fingerprint density at radius 3 is 1.98 bits per heavy atom. The van der Waals surface area contributed by atoms with Gasteiger partial charge in [0.1, 0.15) is 40.2 Å². The number of rotatable bonds is 6. The lowest BCUT2D eigenvalue weighted by Crippen LogP contribution is -2.35. The molecule has 6 nitrogen and oxygen atoms in total. The number of aryl methyl sites for hydroxylation is 1. The summed E-state index contributed by atoms with van der Waals surface area (Å²) in [7, 11) is 0. The molecule has 0 bridgehead atoms. The van der Waals surface area contributed by atoms with Gasteiger partial charge in [0.15, 0.2) is 0 Å². The SMILES string of the molecule is Cc1cc(Oc2ccc(NC(=O)NC(=O)c3c(F)cccc3F)cc2)c(C)c(Cl)c1Oc1ccc(C(F)(F)F)cc1. The first-order valence-corrected chi connectivity index (χ1v) is 12.2. The monoisotopic (exact) mass is 590 g/mol. The van der Waals surface area contributed by atoms with Crippen molar-refractivity contribution in [3.8, 4) is 23.0 Å². The van der Waals surface area contributed by atoms with E-state index in [0.29, 0.717) is 22.6 Å². The second kappa shape index (κ2) is 11.8. The van der Waals surface area contributed by atoms with Gasteiger partial charge in [-0.05, 0) is 86.1 Å². The van der Waals surface area contributed by atoms with E-state index in [0.717, 1.165) is 30.3 Å². The zero-order valence-corrected chi connectivity index (χ0v) is 22.1. The van der Waals surface area contributed by atoms with Crippen molar-refractivity contribution in [3.05, 3.63) is 112 Å². The Kier molecular flexibility index (Phi) is 8.48. The standard InChI is InChI=1S/C29H20ClF5N2O4/c1-15-14-23(16(2)25(30)26(15)41-20-10-6-17(7-11-20)29(33,34)35)40-19-12-8-18(9-13-19)36-28(39)37-27(38)24-21(31)4-3-5-22(24)32/h3-14H,1-2H3,(H2,36,37,38,39). The number of hydrogen-bond donors (Lipinski definition) is 2. The smallest absolute Gasteiger partial charge is 0.416 e. The molecule has 0 unspecified atom stereocenters. The molecule has 0 aliphatic rings. The molecule has 0 atom stereocenters. The molecule has 0 aliphatic carbocycles. The number of alkyl halides is 3. The number of halogens is 6. The Morgan fingerprint density at radius 2 is 1.39 bits per heavy atom. The van der Waals surface area contributed by atoms with Crippen LogP contribution in [0.25, 0.3) is 0 Å². The van der Waals surface area contributed by atoms with Gasteiger partial charge in [-0.2, -0.15) is 13.2 Å². The molecule has 4 aromatic rings. The maximum Gasteiger partial charge on any atom is 0.416 e. The van der Waals surface area contributed by atoms with Crippen LogP contribution in [0.3, 0.4) is 0 Å². The Balaban J connectivity index is 1.41. The van der Waals surface area contributed by atoms with Crippen molar-refractivity contribution in [3.63, 3.8) is 0 Å². The molecule has 0 saturated heterocycles. The Morgan fingerprint density at radius 1 is 0.829 bits per heavy atom. The van der Waals surface area contributed by atoms with Crippen molar-refractivity contribution in [2.45, 2.75) is 20.0 Å². The maximum atomic E-state index is 13.8. The minimum atomic E-state index is -4.47. The largest absolute Gasteiger partial charge is 0.457 e. The minimum Gasteiger partial charge on any atom is -0.457 e. The number of ether oxygens (including phenoxy) is 2. The summed E-state index contributed by atoms with van der Waals surface area (Å²) in [4.78, 5) is 24.2. The highest BCUT2D eigenvalue weighted by Crippen LogP contribution is 2.41. The highest BCUT2D eigenvalue weighted by molar-refractivity contribution is 6.33. The predicted molar refractivity (Wildman–Crippen MR) is 142 cm³/mol. The van der Waals surface area contributed by atoms with Crippen LogP contribution in [0.2, 0.25) is 5.02 Å². The van der Waals surface area contributed by atoms with Gasteiger partial charge in [0.25, 0.3) is 5.91 Å². The first-order chi connectivity index (χ1) is 19.3. The number of carbonyl (C=O) groups is 2. The number of benzene rings is 4. The molecule has 0 aliphatic heterocycles. The summed E-state index contributed by atoms with van der Waals surface area (Å²) in [5.74, 6) is -2.30. The fourth-order valence-electron chi connectivity index (χ4n) is 3.66. The van der Waals surface area contributed by atoms with Crippen LogP contribution in [0.5, 0.6) is 23.0 Å². The molecule has 0 spiro atoms. The van der Waals surface area contributed by atoms with Crippen LogP contribution in [0.15, 0.2) is 72.8 Å². The lowest BCUT2D eigenvalue weighted by molar-refractivity contribution is -0.137. The number of imide groups is 1. The van der Waals surface area contributed by atoms with E-state index in [1.54, 1.807) is 19.9 Å².